The summed E-state index contributed by atoms with van der Waals surface area (Å²) in [6, 6.07) is 7.72. The summed E-state index contributed by atoms with van der Waals surface area (Å²) >= 11 is 5.85. The van der Waals surface area contributed by atoms with Gasteiger partial charge in [0.1, 0.15) is 9.84 Å². The molecular weight excluding hydrogens is 270 g/mol. The van der Waals surface area contributed by atoms with Gasteiger partial charge in [-0.1, -0.05) is 30.7 Å². The van der Waals surface area contributed by atoms with Crippen molar-refractivity contribution in [3.63, 3.8) is 0 Å². The first-order chi connectivity index (χ1) is 8.31. The van der Waals surface area contributed by atoms with E-state index in [1.54, 1.807) is 0 Å². The maximum absolute atomic E-state index is 11.2. The summed E-state index contributed by atoms with van der Waals surface area (Å²) in [7, 11) is -2.95. The second-order valence-electron chi connectivity index (χ2n) is 4.67. The molecule has 18 heavy (non-hydrogen) atoms. The second-order valence-corrected chi connectivity index (χ2v) is 7.29. The minimum Gasteiger partial charge on any atom is -0.306 e. The fourth-order valence-corrected chi connectivity index (χ4v) is 3.12. The first-order valence-electron chi connectivity index (χ1n) is 6.01. The van der Waals surface area contributed by atoms with Crippen LogP contribution in [-0.4, -0.2) is 26.5 Å². The van der Waals surface area contributed by atoms with Gasteiger partial charge in [0.05, 0.1) is 5.75 Å². The van der Waals surface area contributed by atoms with Gasteiger partial charge in [0, 0.05) is 23.4 Å². The van der Waals surface area contributed by atoms with E-state index in [1.165, 1.54) is 6.26 Å². The molecule has 2 unspecified atom stereocenters. The summed E-state index contributed by atoms with van der Waals surface area (Å²) < 4.78 is 22.5. The monoisotopic (exact) mass is 289 g/mol. The standard InChI is InChI=1S/C13H20ClNO2S/c1-4-13(11-5-7-12(14)8-6-11)15-10(2)9-18(3,16)17/h5-8,10,13,15H,4,9H2,1-3H3. The highest BCUT2D eigenvalue weighted by atomic mass is 35.5. The van der Waals surface area contributed by atoms with Crippen molar-refractivity contribution in [2.24, 2.45) is 0 Å². The van der Waals surface area contributed by atoms with Crippen LogP contribution < -0.4 is 5.32 Å². The van der Waals surface area contributed by atoms with Crippen LogP contribution in [-0.2, 0) is 9.84 Å². The van der Waals surface area contributed by atoms with Crippen LogP contribution in [0.3, 0.4) is 0 Å². The van der Waals surface area contributed by atoms with Crippen LogP contribution in [0.1, 0.15) is 31.9 Å². The molecule has 0 heterocycles. The lowest BCUT2D eigenvalue weighted by Gasteiger charge is -2.22. The van der Waals surface area contributed by atoms with Crippen LogP contribution in [0.2, 0.25) is 5.02 Å². The van der Waals surface area contributed by atoms with Crippen molar-refractivity contribution in [1.29, 1.82) is 0 Å². The molecule has 0 amide bonds. The lowest BCUT2D eigenvalue weighted by atomic mass is 10.0. The van der Waals surface area contributed by atoms with Crippen LogP contribution in [0.25, 0.3) is 0 Å². The molecule has 0 fully saturated rings. The Balaban J connectivity index is 2.70. The fourth-order valence-electron chi connectivity index (χ4n) is 1.99. The van der Waals surface area contributed by atoms with Crippen molar-refractivity contribution in [2.45, 2.75) is 32.4 Å². The molecule has 0 aromatic heterocycles. The Kier molecular flexibility index (Phi) is 5.63. The molecule has 102 valence electrons. The van der Waals surface area contributed by atoms with E-state index in [-0.39, 0.29) is 17.8 Å². The SMILES string of the molecule is CCC(NC(C)CS(C)(=O)=O)c1ccc(Cl)cc1. The molecule has 0 aliphatic rings. The number of halogens is 1. The second kappa shape index (κ2) is 6.55. The molecule has 0 saturated heterocycles. The lowest BCUT2D eigenvalue weighted by Crippen LogP contribution is -2.35. The van der Waals surface area contributed by atoms with Crippen LogP contribution in [0, 0.1) is 0 Å². The molecule has 5 heteroatoms. The average molecular weight is 290 g/mol. The van der Waals surface area contributed by atoms with Gasteiger partial charge < -0.3 is 5.32 Å². The zero-order chi connectivity index (χ0) is 13.8. The third-order valence-electron chi connectivity index (χ3n) is 2.72. The Hall–Kier alpha value is -0.580. The molecule has 1 aromatic carbocycles. The normalized spacial score (nSPS) is 15.3. The molecule has 0 saturated carbocycles. The van der Waals surface area contributed by atoms with Crippen LogP contribution >= 0.6 is 11.6 Å². The molecule has 0 radical (unpaired) electrons. The van der Waals surface area contributed by atoms with Gasteiger partial charge in [0.2, 0.25) is 0 Å². The van der Waals surface area contributed by atoms with Gasteiger partial charge in [0.25, 0.3) is 0 Å². The van der Waals surface area contributed by atoms with E-state index < -0.39 is 9.84 Å². The highest BCUT2D eigenvalue weighted by molar-refractivity contribution is 7.90. The van der Waals surface area contributed by atoms with Crippen molar-refractivity contribution in [3.05, 3.63) is 34.9 Å². The highest BCUT2D eigenvalue weighted by Crippen LogP contribution is 2.19. The van der Waals surface area contributed by atoms with Gasteiger partial charge in [-0.25, -0.2) is 8.42 Å². The summed E-state index contributed by atoms with van der Waals surface area (Å²) in [6.45, 7) is 3.96. The summed E-state index contributed by atoms with van der Waals surface area (Å²) in [5, 5.41) is 4.04. The Morgan fingerprint density at radius 2 is 1.83 bits per heavy atom. The summed E-state index contributed by atoms with van der Waals surface area (Å²) in [6.07, 6.45) is 2.16. The highest BCUT2D eigenvalue weighted by Gasteiger charge is 2.15. The minimum atomic E-state index is -2.95. The average Bonchev–Trinajstić information content (AvgIpc) is 2.25. The van der Waals surface area contributed by atoms with E-state index >= 15 is 0 Å². The number of benzene rings is 1. The summed E-state index contributed by atoms with van der Waals surface area (Å²) in [5.74, 6) is 0.150. The molecule has 3 nitrogen and oxygen atoms in total. The maximum atomic E-state index is 11.2. The smallest absolute Gasteiger partial charge is 0.148 e. The minimum absolute atomic E-state index is 0.0689. The first kappa shape index (κ1) is 15.5. The molecule has 1 aromatic rings. The molecule has 0 aliphatic heterocycles. The molecule has 0 aliphatic carbocycles. The van der Waals surface area contributed by atoms with Crippen molar-refractivity contribution >= 4 is 21.4 Å². The Bertz CT molecular complexity index is 470. The van der Waals surface area contributed by atoms with Gasteiger partial charge in [-0.2, -0.15) is 0 Å². The quantitative estimate of drug-likeness (QED) is 0.876. The first-order valence-corrected chi connectivity index (χ1v) is 8.45. The van der Waals surface area contributed by atoms with E-state index in [4.69, 9.17) is 11.6 Å². The Morgan fingerprint density at radius 3 is 2.28 bits per heavy atom. The van der Waals surface area contributed by atoms with E-state index in [0.717, 1.165) is 12.0 Å². The fraction of sp³-hybridized carbons (Fsp3) is 0.538. The predicted octanol–water partition coefficient (Wildman–Crippen LogP) is 2.81. The zero-order valence-electron chi connectivity index (χ0n) is 11.0. The summed E-state index contributed by atoms with van der Waals surface area (Å²) in [5.41, 5.74) is 1.13. The Labute approximate surface area is 114 Å². The number of sulfone groups is 1. The van der Waals surface area contributed by atoms with E-state index in [1.807, 2.05) is 31.2 Å². The van der Waals surface area contributed by atoms with Crippen molar-refractivity contribution < 1.29 is 8.42 Å². The van der Waals surface area contributed by atoms with E-state index in [2.05, 4.69) is 12.2 Å². The van der Waals surface area contributed by atoms with Crippen LogP contribution in [0.15, 0.2) is 24.3 Å². The van der Waals surface area contributed by atoms with Crippen LogP contribution in [0.5, 0.6) is 0 Å². The van der Waals surface area contributed by atoms with Gasteiger partial charge >= 0.3 is 0 Å². The van der Waals surface area contributed by atoms with Gasteiger partial charge in [-0.15, -0.1) is 0 Å². The number of rotatable bonds is 6. The van der Waals surface area contributed by atoms with Crippen molar-refractivity contribution in [3.8, 4) is 0 Å². The van der Waals surface area contributed by atoms with Gasteiger partial charge in [-0.3, -0.25) is 0 Å². The van der Waals surface area contributed by atoms with Gasteiger partial charge in [0.15, 0.2) is 0 Å². The molecule has 2 atom stereocenters. The van der Waals surface area contributed by atoms with Crippen molar-refractivity contribution in [1.82, 2.24) is 5.32 Å². The maximum Gasteiger partial charge on any atom is 0.148 e. The zero-order valence-corrected chi connectivity index (χ0v) is 12.6. The van der Waals surface area contributed by atoms with Crippen LogP contribution in [0.4, 0.5) is 0 Å². The Morgan fingerprint density at radius 1 is 1.28 bits per heavy atom. The third kappa shape index (κ3) is 5.38. The largest absolute Gasteiger partial charge is 0.306 e. The molecule has 1 rings (SSSR count). The molecule has 1 N–H and O–H groups in total. The van der Waals surface area contributed by atoms with Gasteiger partial charge in [-0.05, 0) is 31.0 Å². The predicted molar refractivity (Wildman–Crippen MR) is 76.8 cm³/mol. The van der Waals surface area contributed by atoms with E-state index in [9.17, 15) is 8.42 Å². The number of hydrogen-bond acceptors (Lipinski definition) is 3. The summed E-state index contributed by atoms with van der Waals surface area (Å²) in [4.78, 5) is 0. The van der Waals surface area contributed by atoms with Crippen molar-refractivity contribution in [2.75, 3.05) is 12.0 Å². The number of hydrogen-bond donors (Lipinski definition) is 1. The molecular formula is C13H20ClNO2S. The molecule has 0 bridgehead atoms. The molecule has 0 spiro atoms. The number of nitrogens with one attached hydrogen (secondary N) is 1. The topological polar surface area (TPSA) is 46.2 Å². The van der Waals surface area contributed by atoms with E-state index in [0.29, 0.717) is 5.02 Å². The third-order valence-corrected chi connectivity index (χ3v) is 4.08. The lowest BCUT2D eigenvalue weighted by molar-refractivity contribution is 0.464.